The van der Waals surface area contributed by atoms with Crippen molar-refractivity contribution in [3.8, 4) is 5.88 Å². The van der Waals surface area contributed by atoms with Gasteiger partial charge in [-0.2, -0.15) is 5.10 Å². The first kappa shape index (κ1) is 20.6. The number of hydrogen-bond acceptors (Lipinski definition) is 6. The van der Waals surface area contributed by atoms with Gasteiger partial charge >= 0.3 is 5.69 Å². The SMILES string of the molecule is C/C(=N\N1CCCC[C@@H]1c1cccnc1)c1c(O)n(Cc2ccccc2)c(=O)[nH]c1=O. The Hall–Kier alpha value is -3.68. The van der Waals surface area contributed by atoms with Crippen LogP contribution in [-0.2, 0) is 6.54 Å². The van der Waals surface area contributed by atoms with E-state index in [2.05, 4.69) is 9.97 Å². The highest BCUT2D eigenvalue weighted by atomic mass is 16.3. The van der Waals surface area contributed by atoms with Gasteiger partial charge in [-0.3, -0.25) is 24.3 Å². The van der Waals surface area contributed by atoms with Crippen LogP contribution in [0.4, 0.5) is 0 Å². The van der Waals surface area contributed by atoms with Crippen LogP contribution in [0.5, 0.6) is 5.88 Å². The molecule has 1 fully saturated rings. The molecule has 1 aliphatic heterocycles. The van der Waals surface area contributed by atoms with Crippen LogP contribution in [0.15, 0.2) is 69.5 Å². The van der Waals surface area contributed by atoms with Gasteiger partial charge in [-0.15, -0.1) is 0 Å². The standard InChI is InChI=1S/C23H25N5O3/c1-16(26-28-13-6-5-11-19(28)18-10-7-12-24-14-18)20-21(29)25-23(31)27(22(20)30)15-17-8-3-2-4-9-17/h2-4,7-10,12,14,19,30H,5-6,11,13,15H2,1H3,(H,25,29,31)/b26-16+/t19-/m1/s1. The van der Waals surface area contributed by atoms with Crippen LogP contribution in [0, 0.1) is 0 Å². The van der Waals surface area contributed by atoms with Crippen molar-refractivity contribution in [3.63, 3.8) is 0 Å². The Kier molecular flexibility index (Phi) is 5.97. The van der Waals surface area contributed by atoms with Crippen molar-refractivity contribution in [1.82, 2.24) is 19.5 Å². The van der Waals surface area contributed by atoms with Gasteiger partial charge in [0.1, 0.15) is 5.56 Å². The lowest BCUT2D eigenvalue weighted by Crippen LogP contribution is -2.35. The van der Waals surface area contributed by atoms with E-state index in [1.165, 1.54) is 0 Å². The molecule has 1 aliphatic rings. The molecule has 3 aromatic rings. The number of nitrogens with zero attached hydrogens (tertiary/aromatic N) is 4. The van der Waals surface area contributed by atoms with Crippen LogP contribution in [0.1, 0.15) is 48.9 Å². The molecule has 1 aromatic carbocycles. The number of rotatable bonds is 5. The molecule has 1 atom stereocenters. The van der Waals surface area contributed by atoms with Crippen molar-refractivity contribution in [3.05, 3.63) is 92.4 Å². The number of aromatic amines is 1. The summed E-state index contributed by atoms with van der Waals surface area (Å²) >= 11 is 0. The highest BCUT2D eigenvalue weighted by Crippen LogP contribution is 2.31. The van der Waals surface area contributed by atoms with Gasteiger partial charge in [0.15, 0.2) is 0 Å². The van der Waals surface area contributed by atoms with Gasteiger partial charge in [0.05, 0.1) is 18.3 Å². The summed E-state index contributed by atoms with van der Waals surface area (Å²) in [5.41, 5.74) is 0.950. The van der Waals surface area contributed by atoms with E-state index < -0.39 is 11.2 Å². The van der Waals surface area contributed by atoms with Crippen molar-refractivity contribution in [2.45, 2.75) is 38.8 Å². The van der Waals surface area contributed by atoms with Gasteiger partial charge in [-0.1, -0.05) is 36.4 Å². The first-order chi connectivity index (χ1) is 15.0. The third-order valence-corrected chi connectivity index (χ3v) is 5.54. The summed E-state index contributed by atoms with van der Waals surface area (Å²) < 4.78 is 1.15. The molecule has 0 radical (unpaired) electrons. The lowest BCUT2D eigenvalue weighted by atomic mass is 9.98. The number of H-pyrrole nitrogens is 1. The summed E-state index contributed by atoms with van der Waals surface area (Å²) in [6.07, 6.45) is 6.57. The van der Waals surface area contributed by atoms with Crippen molar-refractivity contribution < 1.29 is 5.11 Å². The molecule has 4 rings (SSSR count). The Labute approximate surface area is 179 Å². The van der Waals surface area contributed by atoms with E-state index >= 15 is 0 Å². The molecule has 0 aliphatic carbocycles. The first-order valence-corrected chi connectivity index (χ1v) is 10.4. The van der Waals surface area contributed by atoms with E-state index in [4.69, 9.17) is 5.10 Å². The number of hydrogen-bond donors (Lipinski definition) is 2. The fourth-order valence-electron chi connectivity index (χ4n) is 3.99. The molecule has 0 unspecified atom stereocenters. The van der Waals surface area contributed by atoms with Gasteiger partial charge in [0, 0.05) is 18.9 Å². The van der Waals surface area contributed by atoms with Crippen molar-refractivity contribution in [2.75, 3.05) is 6.54 Å². The van der Waals surface area contributed by atoms with Gasteiger partial charge < -0.3 is 5.11 Å². The number of benzene rings is 1. The third-order valence-electron chi connectivity index (χ3n) is 5.54. The average molecular weight is 419 g/mol. The van der Waals surface area contributed by atoms with Crippen molar-refractivity contribution in [2.24, 2.45) is 5.10 Å². The smallest absolute Gasteiger partial charge is 0.331 e. The molecule has 0 amide bonds. The molecule has 0 bridgehead atoms. The van der Waals surface area contributed by atoms with Crippen LogP contribution in [0.3, 0.4) is 0 Å². The number of aromatic hydroxyl groups is 1. The lowest BCUT2D eigenvalue weighted by Gasteiger charge is -2.34. The largest absolute Gasteiger partial charge is 0.494 e. The summed E-state index contributed by atoms with van der Waals surface area (Å²) in [6.45, 7) is 2.56. The monoisotopic (exact) mass is 419 g/mol. The minimum Gasteiger partial charge on any atom is -0.494 e. The van der Waals surface area contributed by atoms with E-state index in [0.717, 1.165) is 41.5 Å². The minimum absolute atomic E-state index is 0.00559. The van der Waals surface area contributed by atoms with Gasteiger partial charge in [0.2, 0.25) is 5.88 Å². The number of aromatic nitrogens is 3. The second kappa shape index (κ2) is 8.99. The maximum Gasteiger partial charge on any atom is 0.331 e. The molecule has 2 aromatic heterocycles. The second-order valence-corrected chi connectivity index (χ2v) is 7.68. The summed E-state index contributed by atoms with van der Waals surface area (Å²) in [5.74, 6) is -0.381. The maximum absolute atomic E-state index is 12.6. The molecular weight excluding hydrogens is 394 g/mol. The average Bonchev–Trinajstić information content (AvgIpc) is 2.78. The van der Waals surface area contributed by atoms with E-state index in [1.807, 2.05) is 53.7 Å². The van der Waals surface area contributed by atoms with Crippen molar-refractivity contribution in [1.29, 1.82) is 0 Å². The third kappa shape index (κ3) is 4.42. The van der Waals surface area contributed by atoms with Gasteiger partial charge in [-0.25, -0.2) is 4.79 Å². The molecule has 3 heterocycles. The minimum atomic E-state index is -0.658. The second-order valence-electron chi connectivity index (χ2n) is 7.68. The number of piperidine rings is 1. The molecule has 1 saturated heterocycles. The Morgan fingerprint density at radius 3 is 2.74 bits per heavy atom. The zero-order valence-corrected chi connectivity index (χ0v) is 17.4. The van der Waals surface area contributed by atoms with E-state index in [1.54, 1.807) is 13.1 Å². The fourth-order valence-corrected chi connectivity index (χ4v) is 3.99. The Bertz CT molecular complexity index is 1190. The maximum atomic E-state index is 12.6. The van der Waals surface area contributed by atoms with Crippen LogP contribution >= 0.6 is 0 Å². The van der Waals surface area contributed by atoms with Crippen LogP contribution in [0.25, 0.3) is 0 Å². The number of nitrogens with one attached hydrogen (secondary N) is 1. The molecule has 160 valence electrons. The van der Waals surface area contributed by atoms with Crippen molar-refractivity contribution >= 4 is 5.71 Å². The summed E-state index contributed by atoms with van der Waals surface area (Å²) in [4.78, 5) is 31.4. The molecular formula is C23H25N5O3. The fraction of sp³-hybridized carbons (Fsp3) is 0.304. The van der Waals surface area contributed by atoms with Crippen LogP contribution in [0.2, 0.25) is 0 Å². The predicted octanol–water partition coefficient (Wildman–Crippen LogP) is 2.64. The Balaban J connectivity index is 1.71. The number of pyridine rings is 1. The summed E-state index contributed by atoms with van der Waals surface area (Å²) in [7, 11) is 0. The van der Waals surface area contributed by atoms with Gasteiger partial charge in [0.25, 0.3) is 5.56 Å². The molecule has 8 heteroatoms. The predicted molar refractivity (Wildman–Crippen MR) is 118 cm³/mol. The molecule has 31 heavy (non-hydrogen) atoms. The van der Waals surface area contributed by atoms with E-state index in [0.29, 0.717) is 5.71 Å². The van der Waals surface area contributed by atoms with E-state index in [-0.39, 0.29) is 24.0 Å². The molecule has 0 spiro atoms. The Morgan fingerprint density at radius 1 is 1.19 bits per heavy atom. The molecule has 0 saturated carbocycles. The normalized spacial score (nSPS) is 17.0. The van der Waals surface area contributed by atoms with E-state index in [9.17, 15) is 14.7 Å². The lowest BCUT2D eigenvalue weighted by molar-refractivity contribution is 0.155. The van der Waals surface area contributed by atoms with Gasteiger partial charge in [-0.05, 0) is 43.4 Å². The topological polar surface area (TPSA) is 104 Å². The highest BCUT2D eigenvalue weighted by Gasteiger charge is 2.25. The first-order valence-electron chi connectivity index (χ1n) is 10.4. The molecule has 8 nitrogen and oxygen atoms in total. The summed E-state index contributed by atoms with van der Waals surface area (Å²) in [6, 6.07) is 13.2. The molecule has 2 N–H and O–H groups in total. The highest BCUT2D eigenvalue weighted by molar-refractivity contribution is 6.00. The van der Waals surface area contributed by atoms with Crippen LogP contribution in [-0.4, -0.2) is 36.9 Å². The quantitative estimate of drug-likeness (QED) is 0.619. The number of hydrazone groups is 1. The summed E-state index contributed by atoms with van der Waals surface area (Å²) in [5, 5.41) is 17.5. The zero-order chi connectivity index (χ0) is 21.8. The zero-order valence-electron chi connectivity index (χ0n) is 17.4. The Morgan fingerprint density at radius 2 is 2.00 bits per heavy atom. The van der Waals surface area contributed by atoms with Crippen LogP contribution < -0.4 is 11.2 Å².